The summed E-state index contributed by atoms with van der Waals surface area (Å²) in [6, 6.07) is 10.5. The minimum Gasteiger partial charge on any atom is -0.373 e. The molecule has 1 aromatic carbocycles. The summed E-state index contributed by atoms with van der Waals surface area (Å²) in [4.78, 5) is 6.98. The van der Waals surface area contributed by atoms with E-state index in [1.54, 1.807) is 0 Å². The van der Waals surface area contributed by atoms with Crippen molar-refractivity contribution in [3.05, 3.63) is 35.9 Å². The van der Waals surface area contributed by atoms with Crippen molar-refractivity contribution in [2.45, 2.75) is 38.8 Å². The van der Waals surface area contributed by atoms with Gasteiger partial charge in [0, 0.05) is 31.2 Å². The van der Waals surface area contributed by atoms with E-state index in [4.69, 9.17) is 9.73 Å². The fraction of sp³-hybridized carbons (Fsp3) is 0.650. The Hall–Kier alpha value is -1.59. The lowest BCUT2D eigenvalue weighted by Crippen LogP contribution is -2.44. The molecular formula is C20H34N4O. The van der Waals surface area contributed by atoms with Gasteiger partial charge in [0.15, 0.2) is 5.96 Å². The highest BCUT2D eigenvalue weighted by Crippen LogP contribution is 2.33. The predicted octanol–water partition coefficient (Wildman–Crippen LogP) is 2.66. The maximum absolute atomic E-state index is 5.98. The summed E-state index contributed by atoms with van der Waals surface area (Å²) in [6.07, 6.45) is 1.25. The van der Waals surface area contributed by atoms with Crippen molar-refractivity contribution < 1.29 is 4.74 Å². The molecule has 0 aromatic heterocycles. The standard InChI is InChI=1S/C20H34N4O/c1-6-21-19(23-15-20(2,3)24(4)5)22-14-17-12-13-25-18(17)16-10-8-7-9-11-16/h7-11,17-18H,6,12-15H2,1-5H3,(H2,21,22,23). The fourth-order valence-electron chi connectivity index (χ4n) is 2.84. The molecular weight excluding hydrogens is 312 g/mol. The molecule has 5 heteroatoms. The average molecular weight is 347 g/mol. The Labute approximate surface area is 152 Å². The lowest BCUT2D eigenvalue weighted by atomic mass is 9.95. The van der Waals surface area contributed by atoms with E-state index in [0.717, 1.165) is 38.6 Å². The molecule has 140 valence electrons. The third kappa shape index (κ3) is 5.72. The molecule has 0 amide bonds. The molecule has 25 heavy (non-hydrogen) atoms. The summed E-state index contributed by atoms with van der Waals surface area (Å²) in [7, 11) is 4.19. The highest BCUT2D eigenvalue weighted by atomic mass is 16.5. The Morgan fingerprint density at radius 3 is 2.60 bits per heavy atom. The van der Waals surface area contributed by atoms with Gasteiger partial charge in [-0.1, -0.05) is 30.3 Å². The first-order valence-corrected chi connectivity index (χ1v) is 9.30. The Bertz CT molecular complexity index is 542. The number of rotatable bonds is 7. The molecule has 0 radical (unpaired) electrons. The van der Waals surface area contributed by atoms with Crippen LogP contribution >= 0.6 is 0 Å². The maximum Gasteiger partial charge on any atom is 0.191 e. The summed E-state index contributed by atoms with van der Waals surface area (Å²) in [5, 5.41) is 6.87. The van der Waals surface area contributed by atoms with Crippen molar-refractivity contribution in [2.75, 3.05) is 40.3 Å². The normalized spacial score (nSPS) is 21.6. The van der Waals surface area contributed by atoms with E-state index < -0.39 is 0 Å². The first-order valence-electron chi connectivity index (χ1n) is 9.30. The van der Waals surface area contributed by atoms with E-state index >= 15 is 0 Å². The number of hydrogen-bond acceptors (Lipinski definition) is 3. The van der Waals surface area contributed by atoms with Gasteiger partial charge in [-0.2, -0.15) is 0 Å². The molecule has 0 spiro atoms. The second kappa shape index (κ2) is 9.20. The molecule has 1 aliphatic heterocycles. The number of likely N-dealkylation sites (N-methyl/N-ethyl adjacent to an activating group) is 1. The van der Waals surface area contributed by atoms with Crippen LogP contribution in [0.25, 0.3) is 0 Å². The molecule has 1 aromatic rings. The molecule has 1 aliphatic rings. The predicted molar refractivity (Wildman–Crippen MR) is 105 cm³/mol. The number of guanidine groups is 1. The summed E-state index contributed by atoms with van der Waals surface area (Å²) in [6.45, 7) is 9.81. The second-order valence-electron chi connectivity index (χ2n) is 7.53. The van der Waals surface area contributed by atoms with Gasteiger partial charge in [-0.25, -0.2) is 0 Å². The van der Waals surface area contributed by atoms with Crippen LogP contribution in [0.1, 0.15) is 38.9 Å². The highest BCUT2D eigenvalue weighted by Gasteiger charge is 2.29. The van der Waals surface area contributed by atoms with Gasteiger partial charge in [0.2, 0.25) is 0 Å². The van der Waals surface area contributed by atoms with E-state index in [9.17, 15) is 0 Å². The van der Waals surface area contributed by atoms with Crippen molar-refractivity contribution in [2.24, 2.45) is 10.9 Å². The largest absolute Gasteiger partial charge is 0.373 e. The number of aliphatic imine (C=N–C) groups is 1. The molecule has 0 aliphatic carbocycles. The lowest BCUT2D eigenvalue weighted by Gasteiger charge is -2.31. The molecule has 0 bridgehead atoms. The molecule has 1 heterocycles. The van der Waals surface area contributed by atoms with Crippen LogP contribution in [0.15, 0.2) is 35.3 Å². The number of nitrogens with zero attached hydrogens (tertiary/aromatic N) is 2. The van der Waals surface area contributed by atoms with Crippen molar-refractivity contribution >= 4 is 5.96 Å². The van der Waals surface area contributed by atoms with E-state index in [0.29, 0.717) is 5.92 Å². The SMILES string of the molecule is CCNC(=NCC(C)(C)N(C)C)NCC1CCOC1c1ccccc1. The van der Waals surface area contributed by atoms with Gasteiger partial charge in [0.05, 0.1) is 12.6 Å². The van der Waals surface area contributed by atoms with E-state index in [1.807, 2.05) is 6.07 Å². The van der Waals surface area contributed by atoms with Crippen molar-refractivity contribution in [3.8, 4) is 0 Å². The van der Waals surface area contributed by atoms with Gasteiger partial charge in [0.1, 0.15) is 0 Å². The number of hydrogen-bond donors (Lipinski definition) is 2. The Balaban J connectivity index is 1.96. The van der Waals surface area contributed by atoms with E-state index in [1.165, 1.54) is 5.56 Å². The summed E-state index contributed by atoms with van der Waals surface area (Å²) >= 11 is 0. The van der Waals surface area contributed by atoms with Crippen molar-refractivity contribution in [1.29, 1.82) is 0 Å². The van der Waals surface area contributed by atoms with Crippen LogP contribution in [0.2, 0.25) is 0 Å². The van der Waals surface area contributed by atoms with Crippen molar-refractivity contribution in [1.82, 2.24) is 15.5 Å². The molecule has 2 unspecified atom stereocenters. The smallest absolute Gasteiger partial charge is 0.191 e. The first kappa shape index (κ1) is 19.7. The second-order valence-corrected chi connectivity index (χ2v) is 7.53. The molecule has 1 fully saturated rings. The highest BCUT2D eigenvalue weighted by molar-refractivity contribution is 5.79. The van der Waals surface area contributed by atoms with Crippen molar-refractivity contribution in [3.63, 3.8) is 0 Å². The van der Waals surface area contributed by atoms with Gasteiger partial charge in [-0.05, 0) is 46.9 Å². The number of benzene rings is 1. The molecule has 2 atom stereocenters. The maximum atomic E-state index is 5.98. The van der Waals surface area contributed by atoms with Crippen LogP contribution in [-0.4, -0.2) is 56.7 Å². The van der Waals surface area contributed by atoms with Gasteiger partial charge < -0.3 is 20.3 Å². The molecule has 5 nitrogen and oxygen atoms in total. The molecule has 2 N–H and O–H groups in total. The molecule has 2 rings (SSSR count). The van der Waals surface area contributed by atoms with Crippen LogP contribution in [-0.2, 0) is 4.74 Å². The van der Waals surface area contributed by atoms with Crippen LogP contribution in [0.5, 0.6) is 0 Å². The minimum atomic E-state index is 0.0331. The van der Waals surface area contributed by atoms with Crippen LogP contribution in [0, 0.1) is 5.92 Å². The van der Waals surface area contributed by atoms with Gasteiger partial charge >= 0.3 is 0 Å². The number of ether oxygens (including phenoxy) is 1. The topological polar surface area (TPSA) is 48.9 Å². The summed E-state index contributed by atoms with van der Waals surface area (Å²) in [5.74, 6) is 1.35. The lowest BCUT2D eigenvalue weighted by molar-refractivity contribution is 0.0915. The Morgan fingerprint density at radius 1 is 1.24 bits per heavy atom. The zero-order valence-electron chi connectivity index (χ0n) is 16.4. The summed E-state index contributed by atoms with van der Waals surface area (Å²) in [5.41, 5.74) is 1.30. The molecule has 0 saturated carbocycles. The Kier molecular flexibility index (Phi) is 7.26. The van der Waals surface area contributed by atoms with Crippen LogP contribution in [0.3, 0.4) is 0 Å². The zero-order chi connectivity index (χ0) is 18.3. The summed E-state index contributed by atoms with van der Waals surface area (Å²) < 4.78 is 5.98. The Morgan fingerprint density at radius 2 is 1.96 bits per heavy atom. The van der Waals surface area contributed by atoms with Gasteiger partial charge in [-0.15, -0.1) is 0 Å². The monoisotopic (exact) mass is 346 g/mol. The quantitative estimate of drug-likeness (QED) is 0.589. The van der Waals surface area contributed by atoms with E-state index in [2.05, 4.69) is 74.7 Å². The average Bonchev–Trinajstić information content (AvgIpc) is 3.06. The van der Waals surface area contributed by atoms with Crippen LogP contribution in [0.4, 0.5) is 0 Å². The fourth-order valence-corrected chi connectivity index (χ4v) is 2.84. The molecule has 1 saturated heterocycles. The first-order chi connectivity index (χ1) is 11.9. The van der Waals surface area contributed by atoms with E-state index in [-0.39, 0.29) is 11.6 Å². The zero-order valence-corrected chi connectivity index (χ0v) is 16.4. The third-order valence-corrected chi connectivity index (χ3v) is 5.05. The van der Waals surface area contributed by atoms with Crippen LogP contribution < -0.4 is 10.6 Å². The number of nitrogens with one attached hydrogen (secondary N) is 2. The third-order valence-electron chi connectivity index (χ3n) is 5.05. The van der Waals surface area contributed by atoms with Gasteiger partial charge in [-0.3, -0.25) is 4.99 Å². The van der Waals surface area contributed by atoms with Gasteiger partial charge in [0.25, 0.3) is 0 Å². The minimum absolute atomic E-state index is 0.0331.